The van der Waals surface area contributed by atoms with E-state index in [1.165, 1.54) is 61.7 Å². The van der Waals surface area contributed by atoms with E-state index in [1.807, 2.05) is 0 Å². The maximum absolute atomic E-state index is 13.8. The molecule has 0 atom stereocenters. The zero-order valence-corrected chi connectivity index (χ0v) is 15.3. The summed E-state index contributed by atoms with van der Waals surface area (Å²) in [5.74, 6) is -1.02. The van der Waals surface area contributed by atoms with E-state index in [9.17, 15) is 17.6 Å². The van der Waals surface area contributed by atoms with E-state index in [-0.39, 0.29) is 28.6 Å². The average molecular weight is 386 g/mol. The van der Waals surface area contributed by atoms with Crippen molar-refractivity contribution in [1.29, 1.82) is 0 Å². The van der Waals surface area contributed by atoms with Gasteiger partial charge >= 0.3 is 0 Å². The van der Waals surface area contributed by atoms with Gasteiger partial charge in [-0.15, -0.1) is 0 Å². The Balaban J connectivity index is 2.08. The van der Waals surface area contributed by atoms with Crippen molar-refractivity contribution in [3.63, 3.8) is 0 Å². The first-order valence-electron chi connectivity index (χ1n) is 7.26. The molecule has 1 amide bonds. The van der Waals surface area contributed by atoms with Crippen molar-refractivity contribution in [2.45, 2.75) is 11.4 Å². The quantitative estimate of drug-likeness (QED) is 0.764. The number of sulfonamides is 1. The molecule has 25 heavy (non-hydrogen) atoms. The molecule has 9 heteroatoms. The van der Waals surface area contributed by atoms with E-state index < -0.39 is 21.7 Å². The fraction of sp³-hybridized carbons (Fsp3) is 0.250. The van der Waals surface area contributed by atoms with Gasteiger partial charge in [-0.3, -0.25) is 9.78 Å². The highest BCUT2D eigenvalue weighted by Gasteiger charge is 2.25. The van der Waals surface area contributed by atoms with Crippen LogP contribution in [0.15, 0.2) is 47.6 Å². The number of hydrogen-bond acceptors (Lipinski definition) is 4. The minimum absolute atomic E-state index is 0.00917. The van der Waals surface area contributed by atoms with Crippen LogP contribution in [-0.2, 0) is 21.4 Å². The molecular weight excluding hydrogens is 369 g/mol. The second-order valence-electron chi connectivity index (χ2n) is 5.40. The number of amides is 1. The van der Waals surface area contributed by atoms with Crippen LogP contribution in [0.3, 0.4) is 0 Å². The first-order valence-corrected chi connectivity index (χ1v) is 9.08. The van der Waals surface area contributed by atoms with Gasteiger partial charge in [0.1, 0.15) is 10.7 Å². The maximum atomic E-state index is 13.8. The number of pyridine rings is 1. The number of benzene rings is 1. The van der Waals surface area contributed by atoms with Gasteiger partial charge < -0.3 is 4.90 Å². The predicted octanol–water partition coefficient (Wildman–Crippen LogP) is 2.15. The number of nitrogens with zero attached hydrogens (tertiary/aromatic N) is 3. The molecule has 0 bridgehead atoms. The number of hydrogen-bond donors (Lipinski definition) is 0. The first kappa shape index (κ1) is 19.3. The maximum Gasteiger partial charge on any atom is 0.244 e. The molecule has 0 aliphatic carbocycles. The third kappa shape index (κ3) is 4.53. The standard InChI is InChI=1S/C16H17ClFN3O3S/c1-20(10-13-14(17)6-3-7-15(13)18)16(22)11-21(2)25(23,24)12-5-4-8-19-9-12/h3-9H,10-11H2,1-2H3. The Hall–Kier alpha value is -2.03. The molecule has 0 spiro atoms. The first-order chi connectivity index (χ1) is 11.7. The second kappa shape index (κ2) is 7.90. The van der Waals surface area contributed by atoms with Crippen LogP contribution < -0.4 is 0 Å². The van der Waals surface area contributed by atoms with Gasteiger partial charge in [0.2, 0.25) is 15.9 Å². The summed E-state index contributed by atoms with van der Waals surface area (Å²) in [6.07, 6.45) is 2.66. The van der Waals surface area contributed by atoms with Crippen LogP contribution >= 0.6 is 11.6 Å². The van der Waals surface area contributed by atoms with Gasteiger partial charge in [0, 0.05) is 43.6 Å². The van der Waals surface area contributed by atoms with Crippen LogP contribution in [0.2, 0.25) is 5.02 Å². The van der Waals surface area contributed by atoms with Crippen molar-refractivity contribution >= 4 is 27.5 Å². The lowest BCUT2D eigenvalue weighted by Gasteiger charge is -2.22. The third-order valence-electron chi connectivity index (χ3n) is 3.58. The molecule has 0 aliphatic heterocycles. The van der Waals surface area contributed by atoms with Gasteiger partial charge in [0.25, 0.3) is 0 Å². The predicted molar refractivity (Wildman–Crippen MR) is 91.9 cm³/mol. The molecule has 0 fully saturated rings. The number of carbonyl (C=O) groups excluding carboxylic acids is 1. The van der Waals surface area contributed by atoms with Crippen molar-refractivity contribution in [2.75, 3.05) is 20.6 Å². The Morgan fingerprint density at radius 2 is 1.96 bits per heavy atom. The van der Waals surface area contributed by atoms with E-state index >= 15 is 0 Å². The molecule has 0 radical (unpaired) electrons. The molecule has 2 rings (SSSR count). The molecule has 0 unspecified atom stereocenters. The molecule has 6 nitrogen and oxygen atoms in total. The Morgan fingerprint density at radius 1 is 1.24 bits per heavy atom. The van der Waals surface area contributed by atoms with Gasteiger partial charge in [0.05, 0.1) is 6.54 Å². The van der Waals surface area contributed by atoms with Crippen molar-refractivity contribution in [2.24, 2.45) is 0 Å². The third-order valence-corrected chi connectivity index (χ3v) is 5.72. The fourth-order valence-electron chi connectivity index (χ4n) is 2.08. The number of rotatable bonds is 6. The lowest BCUT2D eigenvalue weighted by molar-refractivity contribution is -0.130. The molecule has 0 aliphatic rings. The molecule has 0 saturated carbocycles. The topological polar surface area (TPSA) is 70.6 Å². The van der Waals surface area contributed by atoms with Gasteiger partial charge in [-0.25, -0.2) is 12.8 Å². The molecule has 1 heterocycles. The number of likely N-dealkylation sites (N-methyl/N-ethyl adjacent to an activating group) is 2. The van der Waals surface area contributed by atoms with Crippen molar-refractivity contribution in [3.05, 3.63) is 59.1 Å². The smallest absolute Gasteiger partial charge is 0.244 e. The van der Waals surface area contributed by atoms with Crippen LogP contribution in [0.25, 0.3) is 0 Å². The van der Waals surface area contributed by atoms with Crippen LogP contribution in [-0.4, -0.2) is 49.2 Å². The minimum Gasteiger partial charge on any atom is -0.340 e. The highest BCUT2D eigenvalue weighted by Crippen LogP contribution is 2.20. The minimum atomic E-state index is -3.83. The van der Waals surface area contributed by atoms with Gasteiger partial charge in [-0.1, -0.05) is 17.7 Å². The monoisotopic (exact) mass is 385 g/mol. The molecular formula is C16H17ClFN3O3S. The number of aromatic nitrogens is 1. The van der Waals surface area contributed by atoms with Crippen molar-refractivity contribution < 1.29 is 17.6 Å². The molecule has 0 N–H and O–H groups in total. The number of carbonyl (C=O) groups is 1. The van der Waals surface area contributed by atoms with E-state index in [2.05, 4.69) is 4.98 Å². The van der Waals surface area contributed by atoms with Crippen LogP contribution in [0, 0.1) is 5.82 Å². The highest BCUT2D eigenvalue weighted by molar-refractivity contribution is 7.89. The van der Waals surface area contributed by atoms with Crippen LogP contribution in [0.4, 0.5) is 4.39 Å². The summed E-state index contributed by atoms with van der Waals surface area (Å²) in [7, 11) is -1.08. The normalized spacial score (nSPS) is 11.6. The molecule has 2 aromatic rings. The van der Waals surface area contributed by atoms with Crippen LogP contribution in [0.1, 0.15) is 5.56 Å². The summed E-state index contributed by atoms with van der Waals surface area (Å²) >= 11 is 5.95. The Kier molecular flexibility index (Phi) is 6.10. The summed E-state index contributed by atoms with van der Waals surface area (Å²) in [6.45, 7) is -0.453. The highest BCUT2D eigenvalue weighted by atomic mass is 35.5. The Morgan fingerprint density at radius 3 is 2.56 bits per heavy atom. The van der Waals surface area contributed by atoms with E-state index in [0.717, 1.165) is 4.31 Å². The Bertz CT molecular complexity index is 842. The molecule has 134 valence electrons. The van der Waals surface area contributed by atoms with E-state index in [4.69, 9.17) is 11.6 Å². The summed E-state index contributed by atoms with van der Waals surface area (Å²) in [5, 5.41) is 0.205. The van der Waals surface area contributed by atoms with Gasteiger partial charge in [-0.2, -0.15) is 4.31 Å². The SMILES string of the molecule is CN(Cc1c(F)cccc1Cl)C(=O)CN(C)S(=O)(=O)c1cccnc1. The van der Waals surface area contributed by atoms with Gasteiger partial charge in [-0.05, 0) is 24.3 Å². The average Bonchev–Trinajstić information content (AvgIpc) is 2.58. The summed E-state index contributed by atoms with van der Waals surface area (Å²) in [4.78, 5) is 17.3. The fourth-order valence-corrected chi connectivity index (χ4v) is 3.39. The molecule has 1 aromatic carbocycles. The summed E-state index contributed by atoms with van der Waals surface area (Å²) in [5.41, 5.74) is 0.179. The lowest BCUT2D eigenvalue weighted by atomic mass is 10.2. The Labute approximate surface area is 150 Å². The molecule has 0 saturated heterocycles. The number of halogens is 2. The van der Waals surface area contributed by atoms with E-state index in [1.54, 1.807) is 0 Å². The van der Waals surface area contributed by atoms with Crippen LogP contribution in [0.5, 0.6) is 0 Å². The second-order valence-corrected chi connectivity index (χ2v) is 7.85. The molecule has 1 aromatic heterocycles. The van der Waals surface area contributed by atoms with E-state index in [0.29, 0.717) is 0 Å². The van der Waals surface area contributed by atoms with Crippen molar-refractivity contribution in [1.82, 2.24) is 14.2 Å². The lowest BCUT2D eigenvalue weighted by Crippen LogP contribution is -2.39. The zero-order chi connectivity index (χ0) is 18.6. The van der Waals surface area contributed by atoms with Gasteiger partial charge in [0.15, 0.2) is 0 Å². The summed E-state index contributed by atoms with van der Waals surface area (Å²) < 4.78 is 39.5. The summed E-state index contributed by atoms with van der Waals surface area (Å²) in [6, 6.07) is 7.13. The van der Waals surface area contributed by atoms with Crippen molar-refractivity contribution in [3.8, 4) is 0 Å². The zero-order valence-electron chi connectivity index (χ0n) is 13.7. The largest absolute Gasteiger partial charge is 0.340 e.